The summed E-state index contributed by atoms with van der Waals surface area (Å²) in [6.07, 6.45) is 5.46. The largest absolute Gasteiger partial charge is 0.372 e. The molecule has 0 radical (unpaired) electrons. The number of benzene rings is 2. The Morgan fingerprint density at radius 3 is 2.17 bits per heavy atom. The topological polar surface area (TPSA) is 52.7 Å². The Bertz CT molecular complexity index is 839. The zero-order valence-corrected chi connectivity index (χ0v) is 16.9. The van der Waals surface area contributed by atoms with Crippen LogP contribution < -0.4 is 10.2 Å². The molecular formula is C24H29N3O2. The maximum atomic E-state index is 12.5. The van der Waals surface area contributed by atoms with Gasteiger partial charge in [-0.15, -0.1) is 0 Å². The van der Waals surface area contributed by atoms with E-state index < -0.39 is 0 Å². The van der Waals surface area contributed by atoms with Crippen LogP contribution in [0.1, 0.15) is 53.6 Å². The molecule has 2 aliphatic rings. The molecule has 0 unspecified atom stereocenters. The normalized spacial score (nSPS) is 16.9. The summed E-state index contributed by atoms with van der Waals surface area (Å²) < 4.78 is 0. The Morgan fingerprint density at radius 1 is 0.828 bits per heavy atom. The van der Waals surface area contributed by atoms with Gasteiger partial charge in [0.1, 0.15) is 0 Å². The van der Waals surface area contributed by atoms with Gasteiger partial charge in [0, 0.05) is 50.4 Å². The lowest BCUT2D eigenvalue weighted by atomic mass is 10.1. The number of carbonyl (C=O) groups excluding carboxylic acids is 2. The van der Waals surface area contributed by atoms with Crippen LogP contribution >= 0.6 is 0 Å². The van der Waals surface area contributed by atoms with Gasteiger partial charge in [-0.1, -0.05) is 24.3 Å². The third-order valence-electron chi connectivity index (χ3n) is 5.87. The summed E-state index contributed by atoms with van der Waals surface area (Å²) in [5.74, 6) is 0.145. The molecule has 0 spiro atoms. The molecule has 2 aromatic carbocycles. The highest BCUT2D eigenvalue weighted by molar-refractivity contribution is 5.94. The first-order chi connectivity index (χ1) is 14.2. The van der Waals surface area contributed by atoms with Gasteiger partial charge in [0.15, 0.2) is 0 Å². The lowest BCUT2D eigenvalue weighted by molar-refractivity contribution is -0.128. The SMILES string of the molecule is O=C(NCc1ccc(N2CCCCC2)cc1)c1ccc(CN2CCCC2=O)cc1. The van der Waals surface area contributed by atoms with Gasteiger partial charge in [-0.3, -0.25) is 9.59 Å². The average Bonchev–Trinajstić information content (AvgIpc) is 3.18. The van der Waals surface area contributed by atoms with Gasteiger partial charge >= 0.3 is 0 Å². The Hall–Kier alpha value is -2.82. The van der Waals surface area contributed by atoms with Crippen molar-refractivity contribution in [2.45, 2.75) is 45.2 Å². The van der Waals surface area contributed by atoms with E-state index in [1.54, 1.807) is 0 Å². The molecule has 2 aliphatic heterocycles. The summed E-state index contributed by atoms with van der Waals surface area (Å²) in [6, 6.07) is 16.1. The number of rotatable bonds is 6. The molecule has 5 heteroatoms. The molecule has 0 aliphatic carbocycles. The van der Waals surface area contributed by atoms with Crippen molar-refractivity contribution in [1.82, 2.24) is 10.2 Å². The first-order valence-electron chi connectivity index (χ1n) is 10.7. The second-order valence-electron chi connectivity index (χ2n) is 8.01. The molecule has 2 saturated heterocycles. The van der Waals surface area contributed by atoms with Crippen molar-refractivity contribution in [3.05, 3.63) is 65.2 Å². The van der Waals surface area contributed by atoms with Crippen LogP contribution in [0.3, 0.4) is 0 Å². The number of carbonyl (C=O) groups is 2. The summed E-state index contributed by atoms with van der Waals surface area (Å²) in [6.45, 7) is 4.25. The Morgan fingerprint density at radius 2 is 1.52 bits per heavy atom. The number of likely N-dealkylation sites (tertiary alicyclic amines) is 1. The first kappa shape index (κ1) is 19.5. The molecule has 4 rings (SSSR count). The van der Waals surface area contributed by atoms with Crippen molar-refractivity contribution in [2.75, 3.05) is 24.5 Å². The van der Waals surface area contributed by atoms with Crippen molar-refractivity contribution in [3.8, 4) is 0 Å². The number of hydrogen-bond acceptors (Lipinski definition) is 3. The van der Waals surface area contributed by atoms with Crippen LogP contribution in [-0.2, 0) is 17.9 Å². The summed E-state index contributed by atoms with van der Waals surface area (Å²) >= 11 is 0. The van der Waals surface area contributed by atoms with E-state index in [2.05, 4.69) is 34.5 Å². The van der Waals surface area contributed by atoms with E-state index in [0.717, 1.165) is 37.2 Å². The van der Waals surface area contributed by atoms with Gasteiger partial charge in [-0.25, -0.2) is 0 Å². The zero-order valence-electron chi connectivity index (χ0n) is 16.9. The Balaban J connectivity index is 1.28. The fourth-order valence-electron chi connectivity index (χ4n) is 4.11. The predicted molar refractivity (Wildman–Crippen MR) is 115 cm³/mol. The predicted octanol–water partition coefficient (Wildman–Crippen LogP) is 3.73. The third kappa shape index (κ3) is 4.97. The minimum absolute atomic E-state index is 0.0751. The van der Waals surface area contributed by atoms with Crippen molar-refractivity contribution >= 4 is 17.5 Å². The van der Waals surface area contributed by atoms with Crippen molar-refractivity contribution in [1.29, 1.82) is 0 Å². The van der Waals surface area contributed by atoms with Crippen LogP contribution in [-0.4, -0.2) is 36.3 Å². The second-order valence-corrected chi connectivity index (χ2v) is 8.01. The molecule has 2 heterocycles. The van der Waals surface area contributed by atoms with Gasteiger partial charge < -0.3 is 15.1 Å². The Kier molecular flexibility index (Phi) is 6.13. The highest BCUT2D eigenvalue weighted by Gasteiger charge is 2.20. The molecule has 152 valence electrons. The van der Waals surface area contributed by atoms with Crippen LogP contribution in [0.4, 0.5) is 5.69 Å². The summed E-state index contributed by atoms with van der Waals surface area (Å²) in [4.78, 5) is 28.5. The monoisotopic (exact) mass is 391 g/mol. The van der Waals surface area contributed by atoms with E-state index in [4.69, 9.17) is 0 Å². The third-order valence-corrected chi connectivity index (χ3v) is 5.87. The number of nitrogens with zero attached hydrogens (tertiary/aromatic N) is 2. The smallest absolute Gasteiger partial charge is 0.251 e. The van der Waals surface area contributed by atoms with Crippen LogP contribution in [0, 0.1) is 0 Å². The van der Waals surface area contributed by atoms with Crippen molar-refractivity contribution < 1.29 is 9.59 Å². The molecule has 1 N–H and O–H groups in total. The van der Waals surface area contributed by atoms with Gasteiger partial charge in [0.05, 0.1) is 0 Å². The standard InChI is InChI=1S/C24H29N3O2/c28-23-5-4-16-27(23)18-20-6-10-21(11-7-20)24(29)25-17-19-8-12-22(13-9-19)26-14-2-1-3-15-26/h6-13H,1-5,14-18H2,(H,25,29). The van der Waals surface area contributed by atoms with E-state index in [1.165, 1.54) is 24.9 Å². The minimum atomic E-state index is -0.0751. The molecule has 0 atom stereocenters. The quantitative estimate of drug-likeness (QED) is 0.816. The maximum absolute atomic E-state index is 12.5. The number of amides is 2. The fourth-order valence-corrected chi connectivity index (χ4v) is 4.11. The van der Waals surface area contributed by atoms with E-state index in [9.17, 15) is 9.59 Å². The van der Waals surface area contributed by atoms with Gasteiger partial charge in [-0.2, -0.15) is 0 Å². The highest BCUT2D eigenvalue weighted by atomic mass is 16.2. The second kappa shape index (κ2) is 9.12. The lowest BCUT2D eigenvalue weighted by Gasteiger charge is -2.28. The molecule has 0 aromatic heterocycles. The molecule has 5 nitrogen and oxygen atoms in total. The van der Waals surface area contributed by atoms with Gasteiger partial charge in [-0.05, 0) is 61.1 Å². The van der Waals surface area contributed by atoms with Crippen LogP contribution in [0.15, 0.2) is 48.5 Å². The maximum Gasteiger partial charge on any atom is 0.251 e. The number of hydrogen-bond donors (Lipinski definition) is 1. The molecule has 2 fully saturated rings. The summed E-state index contributed by atoms with van der Waals surface area (Å²) in [7, 11) is 0. The summed E-state index contributed by atoms with van der Waals surface area (Å²) in [5, 5.41) is 3.00. The molecule has 0 saturated carbocycles. The number of anilines is 1. The van der Waals surface area contributed by atoms with Crippen LogP contribution in [0.2, 0.25) is 0 Å². The van der Waals surface area contributed by atoms with Gasteiger partial charge in [0.2, 0.25) is 5.91 Å². The number of piperidine rings is 1. The van der Waals surface area contributed by atoms with Crippen LogP contribution in [0.5, 0.6) is 0 Å². The number of nitrogens with one attached hydrogen (secondary N) is 1. The van der Waals surface area contributed by atoms with E-state index >= 15 is 0 Å². The lowest BCUT2D eigenvalue weighted by Crippen LogP contribution is -2.29. The van der Waals surface area contributed by atoms with Crippen molar-refractivity contribution in [3.63, 3.8) is 0 Å². The molecular weight excluding hydrogens is 362 g/mol. The molecule has 0 bridgehead atoms. The van der Waals surface area contributed by atoms with E-state index in [-0.39, 0.29) is 11.8 Å². The Labute approximate surface area is 172 Å². The highest BCUT2D eigenvalue weighted by Crippen LogP contribution is 2.20. The fraction of sp³-hybridized carbons (Fsp3) is 0.417. The first-order valence-corrected chi connectivity index (χ1v) is 10.7. The van der Waals surface area contributed by atoms with Gasteiger partial charge in [0.25, 0.3) is 5.91 Å². The zero-order chi connectivity index (χ0) is 20.1. The van der Waals surface area contributed by atoms with E-state index in [1.807, 2.05) is 29.2 Å². The summed E-state index contributed by atoms with van der Waals surface area (Å²) in [5.41, 5.74) is 4.08. The minimum Gasteiger partial charge on any atom is -0.372 e. The molecule has 29 heavy (non-hydrogen) atoms. The van der Waals surface area contributed by atoms with Crippen LogP contribution in [0.25, 0.3) is 0 Å². The van der Waals surface area contributed by atoms with E-state index in [0.29, 0.717) is 25.1 Å². The molecule has 2 amide bonds. The van der Waals surface area contributed by atoms with Crippen molar-refractivity contribution in [2.24, 2.45) is 0 Å². The molecule has 2 aromatic rings. The average molecular weight is 392 g/mol.